The molecule has 0 saturated heterocycles. The maximum Gasteiger partial charge on any atom is 0.185 e. The van der Waals surface area contributed by atoms with Crippen LogP contribution < -0.4 is 0 Å². The van der Waals surface area contributed by atoms with Crippen LogP contribution in [0.25, 0.3) is 11.3 Å². The van der Waals surface area contributed by atoms with Gasteiger partial charge in [0.05, 0.1) is 0 Å². The Labute approximate surface area is 92.7 Å². The number of rotatable bonds is 3. The van der Waals surface area contributed by atoms with Crippen LogP contribution in [0.4, 0.5) is 0 Å². The van der Waals surface area contributed by atoms with Crippen molar-refractivity contribution in [1.29, 1.82) is 0 Å². The van der Waals surface area contributed by atoms with E-state index in [9.17, 15) is 9.59 Å². The Morgan fingerprint density at radius 1 is 1.19 bits per heavy atom. The molecule has 1 aromatic carbocycles. The van der Waals surface area contributed by atoms with Gasteiger partial charge in [-0.15, -0.1) is 0 Å². The van der Waals surface area contributed by atoms with Crippen molar-refractivity contribution in [2.45, 2.75) is 6.92 Å². The summed E-state index contributed by atoms with van der Waals surface area (Å²) in [5.74, 6) is 0.765. The van der Waals surface area contributed by atoms with Gasteiger partial charge in [0.15, 0.2) is 17.8 Å². The minimum absolute atomic E-state index is 0.0281. The Bertz CT molecular complexity index is 538. The normalized spacial score (nSPS) is 10.1. The lowest BCUT2D eigenvalue weighted by Crippen LogP contribution is -1.94. The van der Waals surface area contributed by atoms with Gasteiger partial charge in [-0.25, -0.2) is 0 Å². The third kappa shape index (κ3) is 1.80. The highest BCUT2D eigenvalue weighted by atomic mass is 16.3. The molecule has 2 aromatic rings. The molecule has 0 unspecified atom stereocenters. The van der Waals surface area contributed by atoms with Crippen molar-refractivity contribution >= 4 is 12.1 Å². The molecule has 1 heterocycles. The number of carbonyl (C=O) groups excluding carboxylic acids is 2. The van der Waals surface area contributed by atoms with E-state index < -0.39 is 0 Å². The molecule has 80 valence electrons. The van der Waals surface area contributed by atoms with Crippen LogP contribution >= 0.6 is 0 Å². The molecule has 0 amide bonds. The number of Topliss-reactive ketones (excluding diaryl/α,β-unsaturated/α-hetero) is 1. The van der Waals surface area contributed by atoms with Crippen LogP contribution in [0.3, 0.4) is 0 Å². The van der Waals surface area contributed by atoms with Gasteiger partial charge < -0.3 is 4.42 Å². The first-order valence-electron chi connectivity index (χ1n) is 4.87. The van der Waals surface area contributed by atoms with Crippen molar-refractivity contribution in [3.8, 4) is 11.3 Å². The van der Waals surface area contributed by atoms with Gasteiger partial charge in [0.2, 0.25) is 0 Å². The summed E-state index contributed by atoms with van der Waals surface area (Å²) in [4.78, 5) is 21.9. The number of hydrogen-bond donors (Lipinski definition) is 0. The average Bonchev–Trinajstić information content (AvgIpc) is 2.77. The first-order valence-corrected chi connectivity index (χ1v) is 4.87. The highest BCUT2D eigenvalue weighted by Crippen LogP contribution is 2.25. The second-order valence-corrected chi connectivity index (χ2v) is 3.42. The van der Waals surface area contributed by atoms with Gasteiger partial charge in [0.1, 0.15) is 5.76 Å². The predicted molar refractivity (Wildman–Crippen MR) is 59.5 cm³/mol. The van der Waals surface area contributed by atoms with E-state index in [2.05, 4.69) is 0 Å². The molecule has 0 aliphatic carbocycles. The van der Waals surface area contributed by atoms with Gasteiger partial charge >= 0.3 is 0 Å². The Kier molecular flexibility index (Phi) is 2.68. The van der Waals surface area contributed by atoms with Crippen molar-refractivity contribution in [3.05, 3.63) is 47.7 Å². The maximum absolute atomic E-state index is 11.4. The summed E-state index contributed by atoms with van der Waals surface area (Å²) in [5, 5.41) is 0. The molecule has 0 fully saturated rings. The number of aldehydes is 1. The van der Waals surface area contributed by atoms with E-state index in [1.165, 1.54) is 6.92 Å². The molecule has 0 bridgehead atoms. The third-order valence-corrected chi connectivity index (χ3v) is 2.31. The fraction of sp³-hybridized carbons (Fsp3) is 0.0769. The second-order valence-electron chi connectivity index (χ2n) is 3.42. The molecule has 0 radical (unpaired) electrons. The fourth-order valence-corrected chi connectivity index (χ4v) is 1.57. The maximum atomic E-state index is 11.4. The molecule has 0 atom stereocenters. The van der Waals surface area contributed by atoms with Crippen LogP contribution in [0.1, 0.15) is 27.8 Å². The summed E-state index contributed by atoms with van der Waals surface area (Å²) < 4.78 is 5.29. The van der Waals surface area contributed by atoms with Crippen LogP contribution in [0.5, 0.6) is 0 Å². The molecular formula is C13H10O3. The van der Waals surface area contributed by atoms with Crippen LogP contribution in [-0.2, 0) is 0 Å². The number of furan rings is 1. The number of carbonyl (C=O) groups is 2. The fourth-order valence-electron chi connectivity index (χ4n) is 1.57. The van der Waals surface area contributed by atoms with E-state index in [4.69, 9.17) is 4.42 Å². The predicted octanol–water partition coefficient (Wildman–Crippen LogP) is 2.96. The van der Waals surface area contributed by atoms with Crippen molar-refractivity contribution in [2.75, 3.05) is 0 Å². The van der Waals surface area contributed by atoms with Crippen LogP contribution in [-0.4, -0.2) is 12.1 Å². The molecule has 16 heavy (non-hydrogen) atoms. The summed E-state index contributed by atoms with van der Waals surface area (Å²) in [7, 11) is 0. The Hall–Kier alpha value is -2.16. The molecule has 1 aromatic heterocycles. The van der Waals surface area contributed by atoms with E-state index >= 15 is 0 Å². The highest BCUT2D eigenvalue weighted by Gasteiger charge is 2.11. The second kappa shape index (κ2) is 4.14. The SMILES string of the molecule is CC(=O)c1ccccc1-c1ccc(C=O)o1. The third-order valence-electron chi connectivity index (χ3n) is 2.31. The van der Waals surface area contributed by atoms with Gasteiger partial charge in [-0.05, 0) is 19.1 Å². The van der Waals surface area contributed by atoms with Gasteiger partial charge in [-0.1, -0.05) is 24.3 Å². The van der Waals surface area contributed by atoms with Crippen LogP contribution in [0.15, 0.2) is 40.8 Å². The molecule has 2 rings (SSSR count). The molecule has 3 nitrogen and oxygen atoms in total. The standard InChI is InChI=1S/C13H10O3/c1-9(15)11-4-2-3-5-12(11)13-7-6-10(8-14)16-13/h2-8H,1H3. The lowest BCUT2D eigenvalue weighted by atomic mass is 10.0. The van der Waals surface area contributed by atoms with E-state index in [-0.39, 0.29) is 11.5 Å². The van der Waals surface area contributed by atoms with Crippen molar-refractivity contribution in [1.82, 2.24) is 0 Å². The zero-order valence-electron chi connectivity index (χ0n) is 8.77. The van der Waals surface area contributed by atoms with Gasteiger partial charge in [-0.3, -0.25) is 9.59 Å². The van der Waals surface area contributed by atoms with Crippen LogP contribution in [0, 0.1) is 0 Å². The Morgan fingerprint density at radius 3 is 2.56 bits per heavy atom. The number of ketones is 1. The van der Waals surface area contributed by atoms with E-state index in [0.717, 1.165) is 0 Å². The number of benzene rings is 1. The quantitative estimate of drug-likeness (QED) is 0.583. The molecular weight excluding hydrogens is 204 g/mol. The van der Waals surface area contributed by atoms with Crippen LogP contribution in [0.2, 0.25) is 0 Å². The Morgan fingerprint density at radius 2 is 1.94 bits per heavy atom. The summed E-state index contributed by atoms with van der Waals surface area (Å²) in [6.45, 7) is 1.50. The zero-order valence-corrected chi connectivity index (χ0v) is 8.77. The molecule has 0 aliphatic rings. The number of hydrogen-bond acceptors (Lipinski definition) is 3. The van der Waals surface area contributed by atoms with Gasteiger partial charge in [0, 0.05) is 11.1 Å². The lowest BCUT2D eigenvalue weighted by Gasteiger charge is -2.02. The lowest BCUT2D eigenvalue weighted by molar-refractivity contribution is 0.101. The molecule has 0 spiro atoms. The zero-order chi connectivity index (χ0) is 11.5. The van der Waals surface area contributed by atoms with E-state index in [1.54, 1.807) is 30.3 Å². The van der Waals surface area contributed by atoms with Crippen molar-refractivity contribution in [2.24, 2.45) is 0 Å². The monoisotopic (exact) mass is 214 g/mol. The first-order chi connectivity index (χ1) is 7.72. The summed E-state index contributed by atoms with van der Waals surface area (Å²) >= 11 is 0. The topological polar surface area (TPSA) is 47.3 Å². The minimum Gasteiger partial charge on any atom is -0.453 e. The van der Waals surface area contributed by atoms with E-state index in [1.807, 2.05) is 6.07 Å². The first kappa shape index (κ1) is 10.4. The summed E-state index contributed by atoms with van der Waals surface area (Å²) in [6, 6.07) is 10.4. The van der Waals surface area contributed by atoms with Gasteiger partial charge in [-0.2, -0.15) is 0 Å². The Balaban J connectivity index is 2.54. The van der Waals surface area contributed by atoms with Crippen molar-refractivity contribution in [3.63, 3.8) is 0 Å². The molecule has 0 N–H and O–H groups in total. The van der Waals surface area contributed by atoms with Gasteiger partial charge in [0.25, 0.3) is 0 Å². The largest absolute Gasteiger partial charge is 0.453 e. The summed E-state index contributed by atoms with van der Waals surface area (Å²) in [6.07, 6.45) is 0.639. The van der Waals surface area contributed by atoms with E-state index in [0.29, 0.717) is 23.2 Å². The minimum atomic E-state index is -0.0281. The molecule has 0 saturated carbocycles. The summed E-state index contributed by atoms with van der Waals surface area (Å²) in [5.41, 5.74) is 1.30. The smallest absolute Gasteiger partial charge is 0.185 e. The molecule has 0 aliphatic heterocycles. The van der Waals surface area contributed by atoms with Crippen molar-refractivity contribution < 1.29 is 14.0 Å². The molecule has 3 heteroatoms. The highest BCUT2D eigenvalue weighted by molar-refractivity contribution is 6.00. The average molecular weight is 214 g/mol.